The van der Waals surface area contributed by atoms with Crippen molar-refractivity contribution in [2.45, 2.75) is 17.1 Å². The van der Waals surface area contributed by atoms with Crippen LogP contribution in [-0.4, -0.2) is 29.5 Å². The summed E-state index contributed by atoms with van der Waals surface area (Å²) >= 11 is 1.46. The van der Waals surface area contributed by atoms with Crippen LogP contribution in [0.2, 0.25) is 0 Å². The average molecular weight is 254 g/mol. The van der Waals surface area contributed by atoms with Gasteiger partial charge < -0.3 is 20.9 Å². The fourth-order valence-corrected chi connectivity index (χ4v) is 2.37. The van der Waals surface area contributed by atoms with Crippen molar-refractivity contribution in [3.05, 3.63) is 12.1 Å². The Bertz CT molecular complexity index is 451. The second-order valence-corrected chi connectivity index (χ2v) is 5.31. The van der Waals surface area contributed by atoms with E-state index in [0.717, 1.165) is 4.90 Å². The number of ether oxygens (including phenoxy) is 1. The highest BCUT2D eigenvalue weighted by Crippen LogP contribution is 2.38. The van der Waals surface area contributed by atoms with Gasteiger partial charge in [0.15, 0.2) is 6.61 Å². The Morgan fingerprint density at radius 1 is 1.65 bits per heavy atom. The van der Waals surface area contributed by atoms with Gasteiger partial charge in [0, 0.05) is 21.9 Å². The smallest absolute Gasteiger partial charge is 0.262 e. The molecule has 0 aromatic heterocycles. The van der Waals surface area contributed by atoms with Crippen LogP contribution in [0.5, 0.6) is 5.75 Å². The molecular formula is C11H14N2O3S. The third-order valence-corrected chi connectivity index (χ3v) is 3.49. The molecule has 0 fully saturated rings. The number of amides is 1. The highest BCUT2D eigenvalue weighted by atomic mass is 32.2. The van der Waals surface area contributed by atoms with Gasteiger partial charge >= 0.3 is 0 Å². The SMILES string of the molecule is CC(CO)Sc1cc2c(cc1N)OCC(=O)N2. The Kier molecular flexibility index (Phi) is 3.44. The molecule has 0 aliphatic carbocycles. The van der Waals surface area contributed by atoms with Gasteiger partial charge in [-0.2, -0.15) is 0 Å². The molecule has 1 amide bonds. The summed E-state index contributed by atoms with van der Waals surface area (Å²) in [5.41, 5.74) is 7.10. The summed E-state index contributed by atoms with van der Waals surface area (Å²) in [6, 6.07) is 3.47. The highest BCUT2D eigenvalue weighted by molar-refractivity contribution is 8.00. The Hall–Kier alpha value is -1.40. The van der Waals surface area contributed by atoms with Crippen LogP contribution >= 0.6 is 11.8 Å². The Labute approximate surface area is 103 Å². The molecule has 17 heavy (non-hydrogen) atoms. The number of fused-ring (bicyclic) bond motifs is 1. The monoisotopic (exact) mass is 254 g/mol. The van der Waals surface area contributed by atoms with E-state index in [1.807, 2.05) is 6.92 Å². The van der Waals surface area contributed by atoms with Gasteiger partial charge in [0.25, 0.3) is 5.91 Å². The fraction of sp³-hybridized carbons (Fsp3) is 0.364. The van der Waals surface area contributed by atoms with Crippen molar-refractivity contribution in [3.63, 3.8) is 0 Å². The quantitative estimate of drug-likeness (QED) is 0.555. The molecule has 0 bridgehead atoms. The molecule has 1 heterocycles. The van der Waals surface area contributed by atoms with E-state index in [-0.39, 0.29) is 24.4 Å². The number of nitrogens with one attached hydrogen (secondary N) is 1. The molecule has 5 nitrogen and oxygen atoms in total. The summed E-state index contributed by atoms with van der Waals surface area (Å²) in [5.74, 6) is 0.413. The summed E-state index contributed by atoms with van der Waals surface area (Å²) in [7, 11) is 0. The van der Waals surface area contributed by atoms with Gasteiger partial charge in [0.1, 0.15) is 5.75 Å². The van der Waals surface area contributed by atoms with Crippen LogP contribution in [0, 0.1) is 0 Å². The first-order valence-electron chi connectivity index (χ1n) is 5.24. The zero-order valence-corrected chi connectivity index (χ0v) is 10.2. The van der Waals surface area contributed by atoms with Crippen molar-refractivity contribution in [2.24, 2.45) is 0 Å². The number of hydrogen-bond acceptors (Lipinski definition) is 5. The lowest BCUT2D eigenvalue weighted by Gasteiger charge is -2.20. The van der Waals surface area contributed by atoms with Crippen molar-refractivity contribution < 1.29 is 14.6 Å². The third-order valence-electron chi connectivity index (χ3n) is 2.33. The third kappa shape index (κ3) is 2.65. The Morgan fingerprint density at radius 2 is 2.41 bits per heavy atom. The average Bonchev–Trinajstić information content (AvgIpc) is 2.30. The van der Waals surface area contributed by atoms with Crippen LogP contribution in [0.15, 0.2) is 17.0 Å². The van der Waals surface area contributed by atoms with Gasteiger partial charge in [-0.15, -0.1) is 11.8 Å². The second kappa shape index (κ2) is 4.85. The highest BCUT2D eigenvalue weighted by Gasteiger charge is 2.18. The minimum Gasteiger partial charge on any atom is -0.482 e. The van der Waals surface area contributed by atoms with E-state index < -0.39 is 0 Å². The zero-order chi connectivity index (χ0) is 12.4. The van der Waals surface area contributed by atoms with Gasteiger partial charge in [0.05, 0.1) is 12.3 Å². The summed E-state index contributed by atoms with van der Waals surface area (Å²) in [4.78, 5) is 12.0. The molecule has 92 valence electrons. The first kappa shape index (κ1) is 12.1. The van der Waals surface area contributed by atoms with Crippen LogP contribution in [0.25, 0.3) is 0 Å². The van der Waals surface area contributed by atoms with E-state index in [2.05, 4.69) is 5.32 Å². The maximum absolute atomic E-state index is 11.2. The number of carbonyl (C=O) groups excluding carboxylic acids is 1. The number of aliphatic hydroxyl groups is 1. The number of nitrogens with two attached hydrogens (primary N) is 1. The predicted molar refractivity (Wildman–Crippen MR) is 67.4 cm³/mol. The molecule has 2 rings (SSSR count). The lowest BCUT2D eigenvalue weighted by molar-refractivity contribution is -0.118. The molecule has 1 aliphatic heterocycles. The number of hydrogen-bond donors (Lipinski definition) is 3. The van der Waals surface area contributed by atoms with Crippen molar-refractivity contribution >= 4 is 29.0 Å². The molecule has 4 N–H and O–H groups in total. The number of nitrogen functional groups attached to an aromatic ring is 1. The van der Waals surface area contributed by atoms with Crippen molar-refractivity contribution in [1.29, 1.82) is 0 Å². The van der Waals surface area contributed by atoms with E-state index in [4.69, 9.17) is 15.6 Å². The summed E-state index contributed by atoms with van der Waals surface area (Å²) in [5, 5.41) is 11.8. The van der Waals surface area contributed by atoms with Gasteiger partial charge in [-0.25, -0.2) is 0 Å². The van der Waals surface area contributed by atoms with Crippen molar-refractivity contribution in [3.8, 4) is 5.75 Å². The standard InChI is InChI=1S/C11H14N2O3S/c1-6(4-14)17-10-3-8-9(2-7(10)12)16-5-11(15)13-8/h2-3,6,14H,4-5,12H2,1H3,(H,13,15). The van der Waals surface area contributed by atoms with E-state index in [1.54, 1.807) is 12.1 Å². The molecule has 1 aromatic rings. The van der Waals surface area contributed by atoms with Crippen molar-refractivity contribution in [2.75, 3.05) is 24.3 Å². The number of aliphatic hydroxyl groups excluding tert-OH is 1. The number of benzene rings is 1. The van der Waals surface area contributed by atoms with Crippen LogP contribution in [0.1, 0.15) is 6.92 Å². The number of rotatable bonds is 3. The topological polar surface area (TPSA) is 84.6 Å². The number of anilines is 2. The van der Waals surface area contributed by atoms with Gasteiger partial charge in [-0.05, 0) is 6.07 Å². The first-order chi connectivity index (χ1) is 8.10. The fourth-order valence-electron chi connectivity index (χ4n) is 1.48. The minimum atomic E-state index is -0.173. The van der Waals surface area contributed by atoms with Gasteiger partial charge in [-0.3, -0.25) is 4.79 Å². The van der Waals surface area contributed by atoms with Gasteiger partial charge in [-0.1, -0.05) is 6.92 Å². The maximum Gasteiger partial charge on any atom is 0.262 e. The lowest BCUT2D eigenvalue weighted by atomic mass is 10.2. The summed E-state index contributed by atoms with van der Waals surface area (Å²) < 4.78 is 5.25. The zero-order valence-electron chi connectivity index (χ0n) is 9.40. The maximum atomic E-state index is 11.2. The molecule has 1 unspecified atom stereocenters. The normalized spacial score (nSPS) is 15.8. The molecule has 1 atom stereocenters. The molecule has 6 heteroatoms. The molecule has 1 aliphatic rings. The number of carbonyl (C=O) groups is 1. The van der Waals surface area contributed by atoms with E-state index in [9.17, 15) is 4.79 Å². The van der Waals surface area contributed by atoms with Crippen LogP contribution < -0.4 is 15.8 Å². The van der Waals surface area contributed by atoms with Crippen molar-refractivity contribution in [1.82, 2.24) is 0 Å². The van der Waals surface area contributed by atoms with E-state index in [0.29, 0.717) is 17.1 Å². The first-order valence-corrected chi connectivity index (χ1v) is 6.12. The van der Waals surface area contributed by atoms with Crippen LogP contribution in [-0.2, 0) is 4.79 Å². The minimum absolute atomic E-state index is 0.0198. The summed E-state index contributed by atoms with van der Waals surface area (Å²) in [6.07, 6.45) is 0. The number of thioether (sulfide) groups is 1. The van der Waals surface area contributed by atoms with Gasteiger partial charge in [0.2, 0.25) is 0 Å². The Morgan fingerprint density at radius 3 is 3.12 bits per heavy atom. The molecule has 1 aromatic carbocycles. The largest absolute Gasteiger partial charge is 0.482 e. The molecule has 0 radical (unpaired) electrons. The van der Waals surface area contributed by atoms with Crippen LogP contribution in [0.3, 0.4) is 0 Å². The predicted octanol–water partition coefficient (Wildman–Crippen LogP) is 1.07. The molecular weight excluding hydrogens is 240 g/mol. The van der Waals surface area contributed by atoms with E-state index >= 15 is 0 Å². The Balaban J connectivity index is 2.29. The molecule has 0 saturated carbocycles. The molecule has 0 saturated heterocycles. The lowest BCUT2D eigenvalue weighted by Crippen LogP contribution is -2.25. The van der Waals surface area contributed by atoms with E-state index in [1.165, 1.54) is 11.8 Å². The molecule has 0 spiro atoms. The summed E-state index contributed by atoms with van der Waals surface area (Å²) in [6.45, 7) is 1.99. The van der Waals surface area contributed by atoms with Crippen LogP contribution in [0.4, 0.5) is 11.4 Å². The second-order valence-electron chi connectivity index (χ2n) is 3.83.